The monoisotopic (exact) mass is 228 g/mol. The Morgan fingerprint density at radius 3 is 2.93 bits per heavy atom. The summed E-state index contributed by atoms with van der Waals surface area (Å²) >= 11 is 6.62. The second-order valence-corrected chi connectivity index (χ2v) is 3.96. The number of hydrogen-bond acceptors (Lipinski definition) is 5. The second kappa shape index (κ2) is 5.77. The molecule has 76 valence electrons. The molecule has 1 aromatic rings. The highest BCUT2D eigenvalue weighted by Crippen LogP contribution is 2.07. The van der Waals surface area contributed by atoms with Crippen LogP contribution in [0.5, 0.6) is 0 Å². The van der Waals surface area contributed by atoms with Gasteiger partial charge in [0.1, 0.15) is 10.7 Å². The predicted octanol–water partition coefficient (Wildman–Crippen LogP) is 0.886. The van der Waals surface area contributed by atoms with Crippen LogP contribution in [0.1, 0.15) is 5.69 Å². The van der Waals surface area contributed by atoms with E-state index in [-0.39, 0.29) is 4.99 Å². The lowest BCUT2D eigenvalue weighted by Crippen LogP contribution is -2.17. The summed E-state index contributed by atoms with van der Waals surface area (Å²) in [6, 6.07) is 0. The molecule has 1 rings (SSSR count). The van der Waals surface area contributed by atoms with Gasteiger partial charge in [0.2, 0.25) is 0 Å². The van der Waals surface area contributed by atoms with Gasteiger partial charge in [-0.1, -0.05) is 12.2 Å². The van der Waals surface area contributed by atoms with Crippen molar-refractivity contribution in [2.75, 3.05) is 23.9 Å². The Bertz CT molecular complexity index is 316. The highest BCUT2D eigenvalue weighted by Gasteiger charge is 2.05. The van der Waals surface area contributed by atoms with Gasteiger partial charge >= 0.3 is 0 Å². The second-order valence-electron chi connectivity index (χ2n) is 2.54. The van der Waals surface area contributed by atoms with Crippen molar-refractivity contribution in [1.82, 2.24) is 9.97 Å². The predicted molar refractivity (Wildman–Crippen MR) is 64.8 cm³/mol. The van der Waals surface area contributed by atoms with Crippen LogP contribution in [0.2, 0.25) is 0 Å². The van der Waals surface area contributed by atoms with Crippen molar-refractivity contribution < 1.29 is 0 Å². The van der Waals surface area contributed by atoms with Gasteiger partial charge in [-0.2, -0.15) is 11.8 Å². The molecule has 0 saturated carbocycles. The van der Waals surface area contributed by atoms with Crippen molar-refractivity contribution in [1.29, 1.82) is 0 Å². The molecule has 0 aliphatic carbocycles. The zero-order valence-electron chi connectivity index (χ0n) is 7.86. The first kappa shape index (κ1) is 11.2. The molecule has 0 aliphatic heterocycles. The minimum atomic E-state index is 0.268. The van der Waals surface area contributed by atoms with Gasteiger partial charge in [-0.25, -0.2) is 9.97 Å². The number of nitrogens with zero attached hydrogens (tertiary/aromatic N) is 2. The maximum absolute atomic E-state index is 5.50. The molecule has 1 aromatic heterocycles. The summed E-state index contributed by atoms with van der Waals surface area (Å²) < 4.78 is 0. The SMILES string of the molecule is CSCCNc1nccnc1C(N)=S. The smallest absolute Gasteiger partial charge is 0.155 e. The number of rotatable bonds is 5. The van der Waals surface area contributed by atoms with Crippen molar-refractivity contribution in [2.45, 2.75) is 0 Å². The number of anilines is 1. The number of hydrogen-bond donors (Lipinski definition) is 2. The minimum absolute atomic E-state index is 0.268. The zero-order chi connectivity index (χ0) is 10.4. The van der Waals surface area contributed by atoms with Crippen LogP contribution in [0.25, 0.3) is 0 Å². The standard InChI is InChI=1S/C8H12N4S2/c1-14-5-4-12-8-6(7(9)13)10-2-3-11-8/h2-3H,4-5H2,1H3,(H2,9,13)(H,11,12). The van der Waals surface area contributed by atoms with E-state index in [9.17, 15) is 0 Å². The van der Waals surface area contributed by atoms with Crippen molar-refractivity contribution in [3.8, 4) is 0 Å². The molecule has 14 heavy (non-hydrogen) atoms. The Balaban J connectivity index is 2.69. The van der Waals surface area contributed by atoms with Gasteiger partial charge in [-0.05, 0) is 6.26 Å². The molecule has 0 spiro atoms. The van der Waals surface area contributed by atoms with Crippen LogP contribution in [0, 0.1) is 0 Å². The van der Waals surface area contributed by atoms with Gasteiger partial charge < -0.3 is 11.1 Å². The van der Waals surface area contributed by atoms with E-state index < -0.39 is 0 Å². The Morgan fingerprint density at radius 1 is 1.57 bits per heavy atom. The summed E-state index contributed by atoms with van der Waals surface area (Å²) in [7, 11) is 0. The summed E-state index contributed by atoms with van der Waals surface area (Å²) in [4.78, 5) is 8.45. The summed E-state index contributed by atoms with van der Waals surface area (Å²) in [5.41, 5.74) is 6.06. The molecule has 0 radical (unpaired) electrons. The highest BCUT2D eigenvalue weighted by atomic mass is 32.2. The first-order valence-electron chi connectivity index (χ1n) is 4.09. The molecule has 0 bridgehead atoms. The summed E-state index contributed by atoms with van der Waals surface area (Å²) in [5.74, 6) is 1.67. The van der Waals surface area contributed by atoms with Gasteiger partial charge in [0.15, 0.2) is 5.82 Å². The molecule has 0 amide bonds. The maximum atomic E-state index is 5.50. The lowest BCUT2D eigenvalue weighted by atomic mass is 10.4. The summed E-state index contributed by atoms with van der Waals surface area (Å²) in [5, 5.41) is 3.13. The van der Waals surface area contributed by atoms with E-state index in [2.05, 4.69) is 15.3 Å². The molecule has 0 saturated heterocycles. The van der Waals surface area contributed by atoms with Crippen LogP contribution in [0.15, 0.2) is 12.4 Å². The average molecular weight is 228 g/mol. The van der Waals surface area contributed by atoms with Crippen LogP contribution in [-0.2, 0) is 0 Å². The first-order valence-corrected chi connectivity index (χ1v) is 5.89. The Morgan fingerprint density at radius 2 is 2.29 bits per heavy atom. The van der Waals surface area contributed by atoms with Gasteiger partial charge in [0.25, 0.3) is 0 Å². The summed E-state index contributed by atoms with van der Waals surface area (Å²) in [6.45, 7) is 0.829. The molecular formula is C8H12N4S2. The number of nitrogens with two attached hydrogens (primary N) is 1. The molecule has 1 heterocycles. The zero-order valence-corrected chi connectivity index (χ0v) is 9.49. The summed E-state index contributed by atoms with van der Waals surface area (Å²) in [6.07, 6.45) is 5.24. The quantitative estimate of drug-likeness (QED) is 0.576. The van der Waals surface area contributed by atoms with Gasteiger partial charge in [-0.3, -0.25) is 0 Å². The molecule has 6 heteroatoms. The van der Waals surface area contributed by atoms with Crippen molar-refractivity contribution in [3.63, 3.8) is 0 Å². The fraction of sp³-hybridized carbons (Fsp3) is 0.375. The molecule has 0 aliphatic rings. The van der Waals surface area contributed by atoms with E-state index in [1.807, 2.05) is 6.26 Å². The van der Waals surface area contributed by atoms with Crippen molar-refractivity contribution in [3.05, 3.63) is 18.1 Å². The van der Waals surface area contributed by atoms with E-state index in [1.165, 1.54) is 0 Å². The first-order chi connectivity index (χ1) is 6.75. The van der Waals surface area contributed by atoms with Crippen LogP contribution in [0.4, 0.5) is 5.82 Å². The van der Waals surface area contributed by atoms with Gasteiger partial charge in [0.05, 0.1) is 0 Å². The lowest BCUT2D eigenvalue weighted by molar-refractivity contribution is 1.12. The molecule has 4 nitrogen and oxygen atoms in total. The fourth-order valence-electron chi connectivity index (χ4n) is 0.919. The Labute approximate surface area is 92.7 Å². The Hall–Kier alpha value is -0.880. The van der Waals surface area contributed by atoms with E-state index in [0.29, 0.717) is 11.5 Å². The number of aromatic nitrogens is 2. The normalized spacial score (nSPS) is 9.79. The number of nitrogens with one attached hydrogen (secondary N) is 1. The van der Waals surface area contributed by atoms with Crippen LogP contribution >= 0.6 is 24.0 Å². The number of thiocarbonyl (C=S) groups is 1. The van der Waals surface area contributed by atoms with Crippen molar-refractivity contribution in [2.24, 2.45) is 5.73 Å². The highest BCUT2D eigenvalue weighted by molar-refractivity contribution is 7.98. The molecule has 0 atom stereocenters. The molecule has 3 N–H and O–H groups in total. The van der Waals surface area contributed by atoms with Gasteiger partial charge in [0, 0.05) is 24.7 Å². The van der Waals surface area contributed by atoms with Crippen LogP contribution in [-0.4, -0.2) is 33.5 Å². The Kier molecular flexibility index (Phi) is 4.61. The molecule has 0 unspecified atom stereocenters. The average Bonchev–Trinajstić information content (AvgIpc) is 2.19. The minimum Gasteiger partial charge on any atom is -0.388 e. The third-order valence-corrected chi connectivity index (χ3v) is 2.34. The lowest BCUT2D eigenvalue weighted by Gasteiger charge is -2.07. The largest absolute Gasteiger partial charge is 0.388 e. The van der Waals surface area contributed by atoms with Crippen LogP contribution in [0.3, 0.4) is 0 Å². The molecular weight excluding hydrogens is 216 g/mol. The third kappa shape index (κ3) is 3.12. The maximum Gasteiger partial charge on any atom is 0.155 e. The third-order valence-electron chi connectivity index (χ3n) is 1.53. The number of thioether (sulfide) groups is 1. The van der Waals surface area contributed by atoms with Crippen LogP contribution < -0.4 is 11.1 Å². The molecule has 0 fully saturated rings. The molecule has 0 aromatic carbocycles. The van der Waals surface area contributed by atoms with Crippen molar-refractivity contribution >= 4 is 34.8 Å². The topological polar surface area (TPSA) is 63.8 Å². The fourth-order valence-corrected chi connectivity index (χ4v) is 1.37. The van der Waals surface area contributed by atoms with E-state index >= 15 is 0 Å². The van der Waals surface area contributed by atoms with E-state index in [0.717, 1.165) is 12.3 Å². The van der Waals surface area contributed by atoms with E-state index in [1.54, 1.807) is 24.2 Å². The van der Waals surface area contributed by atoms with Gasteiger partial charge in [-0.15, -0.1) is 0 Å². The van der Waals surface area contributed by atoms with E-state index in [4.69, 9.17) is 18.0 Å².